The zero-order valence-corrected chi connectivity index (χ0v) is 17.8. The molecule has 170 valence electrons. The number of imidazole rings is 1. The van der Waals surface area contributed by atoms with Gasteiger partial charge in [-0.25, -0.2) is 4.98 Å². The van der Waals surface area contributed by atoms with Crippen molar-refractivity contribution in [1.29, 1.82) is 0 Å². The van der Waals surface area contributed by atoms with Gasteiger partial charge in [-0.1, -0.05) is 0 Å². The number of aromatic amines is 1. The van der Waals surface area contributed by atoms with E-state index in [-0.39, 0.29) is 5.75 Å². The topological polar surface area (TPSA) is 105 Å². The van der Waals surface area contributed by atoms with E-state index in [9.17, 15) is 18.7 Å². The van der Waals surface area contributed by atoms with Crippen molar-refractivity contribution >= 4 is 34.2 Å². The number of rotatable bonds is 5. The smallest absolute Gasteiger partial charge is 0.420 e. The Morgan fingerprint density at radius 1 is 1.27 bits per heavy atom. The number of halogens is 3. The summed E-state index contributed by atoms with van der Waals surface area (Å²) in [5.41, 5.74) is -0.186. The summed E-state index contributed by atoms with van der Waals surface area (Å²) >= 11 is 4.77. The van der Waals surface area contributed by atoms with Crippen LogP contribution >= 0.6 is 11.6 Å². The summed E-state index contributed by atoms with van der Waals surface area (Å²) in [6, 6.07) is 10.6. The largest absolute Gasteiger partial charge is 0.487 e. The zero-order chi connectivity index (χ0) is 23.2. The number of fused-ring (bicyclic) bond motifs is 3. The first-order chi connectivity index (χ1) is 15.8. The fourth-order valence-corrected chi connectivity index (χ4v) is 4.08. The van der Waals surface area contributed by atoms with Gasteiger partial charge >= 0.3 is 5.57 Å². The molecule has 1 amide bonds. The number of amides is 1. The molecule has 3 heterocycles. The first-order valence-corrected chi connectivity index (χ1v) is 10.5. The molecule has 5 rings (SSSR count). The number of aliphatic hydroxyl groups is 1. The van der Waals surface area contributed by atoms with E-state index < -0.39 is 17.6 Å². The Kier molecular flexibility index (Phi) is 5.26. The molecule has 0 bridgehead atoms. The molecular formula is C22H18ClF2N5O3. The van der Waals surface area contributed by atoms with Crippen LogP contribution in [0.3, 0.4) is 0 Å². The van der Waals surface area contributed by atoms with Crippen molar-refractivity contribution in [3.8, 4) is 17.0 Å². The number of ether oxygens (including phenoxy) is 1. The quantitative estimate of drug-likeness (QED) is 0.378. The molecule has 11 heteroatoms. The summed E-state index contributed by atoms with van der Waals surface area (Å²) in [5, 5.41) is 19.8. The van der Waals surface area contributed by atoms with E-state index in [1.165, 1.54) is 24.3 Å². The number of aromatic nitrogens is 4. The third-order valence-corrected chi connectivity index (χ3v) is 5.49. The monoisotopic (exact) mass is 473 g/mol. The van der Waals surface area contributed by atoms with Crippen LogP contribution in [0.15, 0.2) is 48.7 Å². The molecule has 3 N–H and O–H groups in total. The molecule has 2 aromatic heterocycles. The van der Waals surface area contributed by atoms with Gasteiger partial charge in [0, 0.05) is 41.0 Å². The number of carbonyl (C=O) groups excluding carboxylic acids is 1. The fraction of sp³-hybridized carbons (Fsp3) is 0.227. The number of H-pyrrole nitrogens is 1. The maximum absolute atomic E-state index is 13.0. The molecule has 0 saturated heterocycles. The number of hydrogen-bond donors (Lipinski definition) is 3. The Morgan fingerprint density at radius 3 is 2.76 bits per heavy atom. The summed E-state index contributed by atoms with van der Waals surface area (Å²) in [7, 11) is 0. The molecule has 4 aromatic rings. The molecule has 0 radical (unpaired) electrons. The van der Waals surface area contributed by atoms with E-state index in [0.717, 1.165) is 16.9 Å². The number of hydrogen-bond acceptors (Lipinski definition) is 5. The lowest BCUT2D eigenvalue weighted by Crippen LogP contribution is -2.24. The maximum Gasteiger partial charge on any atom is 0.487 e. The van der Waals surface area contributed by atoms with Gasteiger partial charge in [0.05, 0.1) is 29.4 Å². The van der Waals surface area contributed by atoms with Gasteiger partial charge in [0.15, 0.2) is 0 Å². The highest BCUT2D eigenvalue weighted by Crippen LogP contribution is 2.33. The van der Waals surface area contributed by atoms with Gasteiger partial charge in [0.2, 0.25) is 0 Å². The second-order valence-electron chi connectivity index (χ2n) is 7.72. The van der Waals surface area contributed by atoms with E-state index in [4.69, 9.17) is 16.6 Å². The van der Waals surface area contributed by atoms with Crippen molar-refractivity contribution in [2.75, 3.05) is 5.32 Å². The average Bonchev–Trinajstić information content (AvgIpc) is 3.41. The lowest BCUT2D eigenvalue weighted by atomic mass is 10.0. The molecule has 8 nitrogen and oxygen atoms in total. The maximum atomic E-state index is 13.0. The van der Waals surface area contributed by atoms with Crippen molar-refractivity contribution in [2.24, 2.45) is 0 Å². The van der Waals surface area contributed by atoms with Crippen LogP contribution < -0.4 is 10.1 Å². The minimum Gasteiger partial charge on any atom is -0.420 e. The number of aliphatic hydroxyl groups excluding tert-OH is 1. The van der Waals surface area contributed by atoms with Gasteiger partial charge < -0.3 is 19.7 Å². The number of anilines is 1. The van der Waals surface area contributed by atoms with E-state index in [1.807, 2.05) is 4.57 Å². The Labute approximate surface area is 191 Å². The molecule has 0 unspecified atom stereocenters. The van der Waals surface area contributed by atoms with Crippen LogP contribution in [0.4, 0.5) is 14.5 Å². The molecule has 0 aliphatic carbocycles. The van der Waals surface area contributed by atoms with Gasteiger partial charge in [-0.3, -0.25) is 9.89 Å². The highest BCUT2D eigenvalue weighted by atomic mass is 35.5. The Hall–Kier alpha value is -3.50. The first-order valence-electron chi connectivity index (χ1n) is 10.1. The molecule has 0 spiro atoms. The third kappa shape index (κ3) is 4.39. The van der Waals surface area contributed by atoms with Crippen LogP contribution in [0.1, 0.15) is 22.6 Å². The van der Waals surface area contributed by atoms with E-state index in [1.54, 1.807) is 24.4 Å². The van der Waals surface area contributed by atoms with Crippen molar-refractivity contribution in [1.82, 2.24) is 19.7 Å². The van der Waals surface area contributed by atoms with Crippen LogP contribution in [0.5, 0.6) is 5.75 Å². The van der Waals surface area contributed by atoms with Crippen molar-refractivity contribution in [3.63, 3.8) is 0 Å². The number of aryl methyl sites for hydroxylation is 1. The molecule has 33 heavy (non-hydrogen) atoms. The van der Waals surface area contributed by atoms with Gasteiger partial charge in [-0.2, -0.15) is 5.10 Å². The van der Waals surface area contributed by atoms with Crippen molar-refractivity contribution in [2.45, 2.75) is 31.1 Å². The average molecular weight is 474 g/mol. The number of carbonyl (C=O) groups is 1. The number of nitrogens with zero attached hydrogens (tertiary/aromatic N) is 3. The molecule has 1 aliphatic rings. The predicted octanol–water partition coefficient (Wildman–Crippen LogP) is 4.15. The molecule has 0 fully saturated rings. The van der Waals surface area contributed by atoms with Crippen LogP contribution in [0, 0.1) is 0 Å². The minimum atomic E-state index is -3.82. The molecule has 0 saturated carbocycles. The lowest BCUT2D eigenvalue weighted by Gasteiger charge is -2.20. The molecular weight excluding hydrogens is 456 g/mol. The van der Waals surface area contributed by atoms with E-state index in [0.29, 0.717) is 41.8 Å². The van der Waals surface area contributed by atoms with Gasteiger partial charge in [-0.05, 0) is 48.9 Å². The number of nitrogens with one attached hydrogen (secondary N) is 2. The summed E-state index contributed by atoms with van der Waals surface area (Å²) in [6.07, 6.45) is 2.42. The second kappa shape index (κ2) is 8.13. The summed E-state index contributed by atoms with van der Waals surface area (Å²) < 4.78 is 31.8. The Balaban J connectivity index is 1.49. The van der Waals surface area contributed by atoms with Crippen LogP contribution in [-0.2, 0) is 13.0 Å². The first kappa shape index (κ1) is 21.4. The second-order valence-corrected chi connectivity index (χ2v) is 8.16. The third-order valence-electron chi connectivity index (χ3n) is 5.41. The SMILES string of the molecule is O=C(Nc1ccc(OC(F)(F)Cl)cc1)c1cc(-c2ccn[nH]2)c2c(c1)nc1n2C[C@H](O)CC1. The van der Waals surface area contributed by atoms with Gasteiger partial charge in [0.1, 0.15) is 11.6 Å². The highest BCUT2D eigenvalue weighted by molar-refractivity contribution is 6.20. The van der Waals surface area contributed by atoms with Crippen molar-refractivity contribution < 1.29 is 23.4 Å². The fourth-order valence-electron chi connectivity index (χ4n) is 3.99. The summed E-state index contributed by atoms with van der Waals surface area (Å²) in [4.78, 5) is 17.7. The van der Waals surface area contributed by atoms with Gasteiger partial charge in [0.25, 0.3) is 5.91 Å². The Bertz CT molecular complexity index is 1320. The molecule has 2 aromatic carbocycles. The standard InChI is InChI=1S/C22H18ClF2N5O3/c23-22(24,25)33-15-4-1-13(2-5-15)27-21(32)12-9-16(17-7-8-26-29-17)20-18(10-12)28-19-6-3-14(31)11-30(19)20/h1-2,4-5,7-10,14,31H,3,6,11H2,(H,26,29)(H,27,32)/t14-/m1/s1. The normalized spacial score (nSPS) is 15.9. The van der Waals surface area contributed by atoms with Crippen LogP contribution in [0.2, 0.25) is 0 Å². The highest BCUT2D eigenvalue weighted by Gasteiger charge is 2.27. The van der Waals surface area contributed by atoms with Crippen molar-refractivity contribution in [3.05, 3.63) is 60.0 Å². The molecule has 1 atom stereocenters. The minimum absolute atomic E-state index is 0.137. The molecule has 1 aliphatic heterocycles. The predicted molar refractivity (Wildman–Crippen MR) is 117 cm³/mol. The van der Waals surface area contributed by atoms with Crippen LogP contribution in [-0.4, -0.2) is 42.4 Å². The summed E-state index contributed by atoms with van der Waals surface area (Å²) in [5.74, 6) is 0.307. The zero-order valence-electron chi connectivity index (χ0n) is 17.1. The van der Waals surface area contributed by atoms with Gasteiger partial charge in [-0.15, -0.1) is 8.78 Å². The van der Waals surface area contributed by atoms with Crippen LogP contribution in [0.25, 0.3) is 22.3 Å². The lowest BCUT2D eigenvalue weighted by molar-refractivity contribution is -0.0964. The number of alkyl halides is 3. The Morgan fingerprint density at radius 2 is 2.06 bits per heavy atom. The number of benzene rings is 2. The summed E-state index contributed by atoms with van der Waals surface area (Å²) in [6.45, 7) is 0.425. The van der Waals surface area contributed by atoms with E-state index in [2.05, 4.69) is 20.3 Å². The van der Waals surface area contributed by atoms with E-state index >= 15 is 0 Å².